The van der Waals surface area contributed by atoms with E-state index in [0.717, 1.165) is 30.1 Å². The van der Waals surface area contributed by atoms with Gasteiger partial charge in [-0.15, -0.1) is 0 Å². The van der Waals surface area contributed by atoms with E-state index in [1.54, 1.807) is 0 Å². The summed E-state index contributed by atoms with van der Waals surface area (Å²) in [5, 5.41) is 4.58. The molecule has 1 saturated heterocycles. The summed E-state index contributed by atoms with van der Waals surface area (Å²) in [6, 6.07) is 0.715. The lowest BCUT2D eigenvalue weighted by Crippen LogP contribution is -2.33. The van der Waals surface area contributed by atoms with Gasteiger partial charge in [0.2, 0.25) is 0 Å². The third-order valence-corrected chi connectivity index (χ3v) is 4.30. The lowest BCUT2D eigenvalue weighted by atomic mass is 10.1. The predicted molar refractivity (Wildman–Crippen MR) is 70.1 cm³/mol. The lowest BCUT2D eigenvalue weighted by Gasteiger charge is -2.29. The van der Waals surface area contributed by atoms with Gasteiger partial charge in [-0.1, -0.05) is 13.3 Å². The Morgan fingerprint density at radius 3 is 2.82 bits per heavy atom. The van der Waals surface area contributed by atoms with E-state index in [-0.39, 0.29) is 0 Å². The van der Waals surface area contributed by atoms with Gasteiger partial charge in [0.1, 0.15) is 0 Å². The van der Waals surface area contributed by atoms with E-state index in [9.17, 15) is 0 Å². The van der Waals surface area contributed by atoms with Crippen LogP contribution in [0.2, 0.25) is 0 Å². The zero-order chi connectivity index (χ0) is 12.0. The van der Waals surface area contributed by atoms with Crippen molar-refractivity contribution in [2.75, 3.05) is 17.2 Å². The van der Waals surface area contributed by atoms with Gasteiger partial charge >= 0.3 is 0 Å². The second-order valence-electron chi connectivity index (χ2n) is 5.54. The Bertz CT molecular complexity index is 423. The van der Waals surface area contributed by atoms with Gasteiger partial charge in [-0.3, -0.25) is 4.68 Å². The van der Waals surface area contributed by atoms with Gasteiger partial charge in [-0.05, 0) is 31.6 Å². The lowest BCUT2D eigenvalue weighted by molar-refractivity contribution is 0.542. The summed E-state index contributed by atoms with van der Waals surface area (Å²) in [7, 11) is 2.02. The molecule has 2 atom stereocenters. The first-order chi connectivity index (χ1) is 8.20. The van der Waals surface area contributed by atoms with Gasteiger partial charge in [-0.2, -0.15) is 5.10 Å². The number of nitrogen functional groups attached to an aromatic ring is 1. The van der Waals surface area contributed by atoms with Crippen LogP contribution in [-0.4, -0.2) is 22.4 Å². The molecule has 2 unspecified atom stereocenters. The van der Waals surface area contributed by atoms with Crippen LogP contribution in [0.1, 0.15) is 38.3 Å². The molecule has 3 rings (SSSR count). The van der Waals surface area contributed by atoms with Crippen molar-refractivity contribution in [2.24, 2.45) is 13.0 Å². The molecule has 2 aliphatic rings. The zero-order valence-electron chi connectivity index (χ0n) is 10.8. The molecule has 1 aromatic heterocycles. The van der Waals surface area contributed by atoms with Crippen LogP contribution in [0, 0.1) is 5.92 Å². The number of hydrogen-bond acceptors (Lipinski definition) is 3. The molecule has 1 aromatic rings. The van der Waals surface area contributed by atoms with E-state index in [2.05, 4.69) is 16.9 Å². The van der Waals surface area contributed by atoms with E-state index in [4.69, 9.17) is 5.73 Å². The Morgan fingerprint density at radius 1 is 1.41 bits per heavy atom. The minimum absolute atomic E-state index is 0.715. The SMILES string of the molecule is CCCc1nn(C)c(N2CC3CCC2C3)c1N. The number of nitrogens with zero attached hydrogens (tertiary/aromatic N) is 3. The molecule has 4 heteroatoms. The van der Waals surface area contributed by atoms with Crippen molar-refractivity contribution in [3.8, 4) is 0 Å². The van der Waals surface area contributed by atoms with Crippen molar-refractivity contribution in [3.05, 3.63) is 5.69 Å². The summed E-state index contributed by atoms with van der Waals surface area (Å²) in [6.45, 7) is 3.35. The van der Waals surface area contributed by atoms with Gasteiger partial charge < -0.3 is 10.6 Å². The van der Waals surface area contributed by atoms with E-state index in [1.807, 2.05) is 11.7 Å². The van der Waals surface area contributed by atoms with E-state index >= 15 is 0 Å². The van der Waals surface area contributed by atoms with Crippen LogP contribution in [0.4, 0.5) is 11.5 Å². The first-order valence-electron chi connectivity index (χ1n) is 6.78. The van der Waals surface area contributed by atoms with Crippen molar-refractivity contribution >= 4 is 11.5 Å². The molecule has 2 fully saturated rings. The van der Waals surface area contributed by atoms with Crippen LogP contribution in [0.25, 0.3) is 0 Å². The molecule has 17 heavy (non-hydrogen) atoms. The number of fused-ring (bicyclic) bond motifs is 2. The second-order valence-corrected chi connectivity index (χ2v) is 5.54. The normalized spacial score (nSPS) is 27.1. The summed E-state index contributed by atoms with van der Waals surface area (Å²) in [6.07, 6.45) is 6.18. The van der Waals surface area contributed by atoms with Crippen molar-refractivity contribution in [1.29, 1.82) is 0 Å². The molecule has 94 valence electrons. The quantitative estimate of drug-likeness (QED) is 0.869. The van der Waals surface area contributed by atoms with E-state index < -0.39 is 0 Å². The molecule has 0 aromatic carbocycles. The highest BCUT2D eigenvalue weighted by Crippen LogP contribution is 2.42. The highest BCUT2D eigenvalue weighted by Gasteiger charge is 2.40. The maximum Gasteiger partial charge on any atom is 0.150 e. The average Bonchev–Trinajstić information content (AvgIpc) is 2.95. The summed E-state index contributed by atoms with van der Waals surface area (Å²) in [4.78, 5) is 2.50. The molecule has 4 nitrogen and oxygen atoms in total. The molecule has 0 amide bonds. The summed E-state index contributed by atoms with van der Waals surface area (Å²) < 4.78 is 1.99. The summed E-state index contributed by atoms with van der Waals surface area (Å²) >= 11 is 0. The summed E-state index contributed by atoms with van der Waals surface area (Å²) in [5.41, 5.74) is 8.27. The highest BCUT2D eigenvalue weighted by atomic mass is 15.4. The molecular weight excluding hydrogens is 212 g/mol. The molecule has 1 aliphatic carbocycles. The fourth-order valence-corrected chi connectivity index (χ4v) is 3.53. The topological polar surface area (TPSA) is 47.1 Å². The van der Waals surface area contributed by atoms with Gasteiger partial charge in [0.15, 0.2) is 5.82 Å². The number of nitrogens with two attached hydrogens (primary N) is 1. The Balaban J connectivity index is 1.92. The third-order valence-electron chi connectivity index (χ3n) is 4.30. The Hall–Kier alpha value is -1.19. The van der Waals surface area contributed by atoms with Crippen molar-refractivity contribution in [1.82, 2.24) is 9.78 Å². The van der Waals surface area contributed by atoms with Crippen molar-refractivity contribution < 1.29 is 0 Å². The van der Waals surface area contributed by atoms with Gasteiger partial charge in [-0.25, -0.2) is 0 Å². The Morgan fingerprint density at radius 2 is 2.24 bits per heavy atom. The summed E-state index contributed by atoms with van der Waals surface area (Å²) in [5.74, 6) is 2.06. The van der Waals surface area contributed by atoms with Crippen molar-refractivity contribution in [2.45, 2.75) is 45.1 Å². The van der Waals surface area contributed by atoms with Gasteiger partial charge in [0, 0.05) is 19.6 Å². The fourth-order valence-electron chi connectivity index (χ4n) is 3.53. The fraction of sp³-hybridized carbons (Fsp3) is 0.769. The maximum absolute atomic E-state index is 6.28. The Labute approximate surface area is 103 Å². The Kier molecular flexibility index (Phi) is 2.53. The molecule has 1 saturated carbocycles. The molecule has 1 aliphatic heterocycles. The monoisotopic (exact) mass is 234 g/mol. The van der Waals surface area contributed by atoms with E-state index in [1.165, 1.54) is 31.6 Å². The molecule has 2 bridgehead atoms. The largest absolute Gasteiger partial charge is 0.394 e. The number of anilines is 2. The molecule has 0 spiro atoms. The second kappa shape index (κ2) is 3.93. The molecule has 2 N–H and O–H groups in total. The van der Waals surface area contributed by atoms with Crippen LogP contribution in [0.15, 0.2) is 0 Å². The van der Waals surface area contributed by atoms with Crippen LogP contribution < -0.4 is 10.6 Å². The number of aromatic nitrogens is 2. The van der Waals surface area contributed by atoms with Crippen LogP contribution >= 0.6 is 0 Å². The molecular formula is C13H22N4. The van der Waals surface area contributed by atoms with E-state index in [0.29, 0.717) is 6.04 Å². The zero-order valence-corrected chi connectivity index (χ0v) is 10.8. The van der Waals surface area contributed by atoms with Gasteiger partial charge in [0.25, 0.3) is 0 Å². The van der Waals surface area contributed by atoms with Crippen molar-refractivity contribution in [3.63, 3.8) is 0 Å². The first kappa shape index (κ1) is 10.9. The number of rotatable bonds is 3. The first-order valence-corrected chi connectivity index (χ1v) is 6.78. The average molecular weight is 234 g/mol. The minimum atomic E-state index is 0.715. The smallest absolute Gasteiger partial charge is 0.150 e. The highest BCUT2D eigenvalue weighted by molar-refractivity contribution is 5.67. The third kappa shape index (κ3) is 1.61. The van der Waals surface area contributed by atoms with Crippen LogP contribution in [0.3, 0.4) is 0 Å². The van der Waals surface area contributed by atoms with Crippen LogP contribution in [-0.2, 0) is 13.5 Å². The van der Waals surface area contributed by atoms with Gasteiger partial charge in [0.05, 0.1) is 11.4 Å². The number of aryl methyl sites for hydroxylation is 2. The minimum Gasteiger partial charge on any atom is -0.394 e. The standard InChI is InChI=1S/C13H22N4/c1-3-4-11-12(14)13(16(2)15-11)17-8-9-5-6-10(17)7-9/h9-10H,3-8,14H2,1-2H3. The predicted octanol–water partition coefficient (Wildman–Crippen LogP) is 1.94. The number of piperidine rings is 1. The van der Waals surface area contributed by atoms with Crippen LogP contribution in [0.5, 0.6) is 0 Å². The molecule has 2 heterocycles. The molecule has 0 radical (unpaired) electrons. The maximum atomic E-state index is 6.28. The number of hydrogen-bond donors (Lipinski definition) is 1.